The molecule has 1 unspecified atom stereocenters. The third-order valence-electron chi connectivity index (χ3n) is 8.36. The predicted octanol–water partition coefficient (Wildman–Crippen LogP) is 7.48. The number of fused-ring (bicyclic) bond motifs is 1. The van der Waals surface area contributed by atoms with Crippen LogP contribution >= 0.6 is 0 Å². The SMILES string of the molecule is C[C@@](Cc1c[nH]c2ccccc12)(Nc1cccc(-c2ccccc2)n1)C(=O)NC(c1ccccn1)C1CCCCC1. The van der Waals surface area contributed by atoms with Crippen LogP contribution in [0.1, 0.15) is 56.3 Å². The summed E-state index contributed by atoms with van der Waals surface area (Å²) in [6.45, 7) is 1.98. The summed E-state index contributed by atoms with van der Waals surface area (Å²) in [7, 11) is 0. The van der Waals surface area contributed by atoms with Crippen LogP contribution in [-0.2, 0) is 11.2 Å². The molecule has 0 aliphatic heterocycles. The number of benzene rings is 2. The summed E-state index contributed by atoms with van der Waals surface area (Å²) >= 11 is 0. The number of nitrogens with zero attached hydrogens (tertiary/aromatic N) is 2. The van der Waals surface area contributed by atoms with Gasteiger partial charge >= 0.3 is 0 Å². The van der Waals surface area contributed by atoms with Crippen LogP contribution in [0.4, 0.5) is 5.82 Å². The van der Waals surface area contributed by atoms with Crippen LogP contribution in [-0.4, -0.2) is 26.4 Å². The maximum Gasteiger partial charge on any atom is 0.246 e. The molecule has 1 aliphatic rings. The van der Waals surface area contributed by atoms with Crippen molar-refractivity contribution in [2.24, 2.45) is 5.92 Å². The number of hydrogen-bond acceptors (Lipinski definition) is 4. The van der Waals surface area contributed by atoms with E-state index in [-0.39, 0.29) is 11.9 Å². The average Bonchev–Trinajstić information content (AvgIpc) is 3.43. The fourth-order valence-electron chi connectivity index (χ4n) is 6.16. The van der Waals surface area contributed by atoms with E-state index in [9.17, 15) is 4.79 Å². The van der Waals surface area contributed by atoms with Crippen molar-refractivity contribution in [3.63, 3.8) is 0 Å². The van der Waals surface area contributed by atoms with Gasteiger partial charge in [0.25, 0.3) is 0 Å². The number of nitrogens with one attached hydrogen (secondary N) is 3. The molecular formula is C35H37N5O. The number of pyridine rings is 2. The number of aromatic nitrogens is 3. The van der Waals surface area contributed by atoms with Crippen molar-refractivity contribution in [2.45, 2.75) is 57.0 Å². The van der Waals surface area contributed by atoms with Gasteiger partial charge in [0.2, 0.25) is 5.91 Å². The van der Waals surface area contributed by atoms with Gasteiger partial charge in [0, 0.05) is 35.3 Å². The molecule has 0 bridgehead atoms. The zero-order valence-corrected chi connectivity index (χ0v) is 23.5. The number of hydrogen-bond donors (Lipinski definition) is 3. The van der Waals surface area contributed by atoms with E-state index in [4.69, 9.17) is 4.98 Å². The number of anilines is 1. The van der Waals surface area contributed by atoms with Gasteiger partial charge in [-0.3, -0.25) is 9.78 Å². The molecule has 6 rings (SSSR count). The first-order valence-electron chi connectivity index (χ1n) is 14.7. The predicted molar refractivity (Wildman–Crippen MR) is 165 cm³/mol. The van der Waals surface area contributed by atoms with Crippen molar-refractivity contribution in [1.29, 1.82) is 0 Å². The Morgan fingerprint density at radius 1 is 0.927 bits per heavy atom. The minimum Gasteiger partial charge on any atom is -0.361 e. The second-order valence-corrected chi connectivity index (χ2v) is 11.4. The van der Waals surface area contributed by atoms with Crippen LogP contribution in [0, 0.1) is 5.92 Å². The molecule has 2 aromatic carbocycles. The number of aromatic amines is 1. The lowest BCUT2D eigenvalue weighted by molar-refractivity contribution is -0.126. The van der Waals surface area contributed by atoms with Crippen molar-refractivity contribution < 1.29 is 4.79 Å². The molecule has 1 saturated carbocycles. The molecule has 0 radical (unpaired) electrons. The van der Waals surface area contributed by atoms with E-state index < -0.39 is 5.54 Å². The second-order valence-electron chi connectivity index (χ2n) is 11.4. The fraction of sp³-hybridized carbons (Fsp3) is 0.286. The van der Waals surface area contributed by atoms with Gasteiger partial charge in [-0.1, -0.05) is 79.9 Å². The van der Waals surface area contributed by atoms with E-state index >= 15 is 0 Å². The zero-order valence-electron chi connectivity index (χ0n) is 23.5. The zero-order chi connectivity index (χ0) is 28.1. The first kappa shape index (κ1) is 26.8. The molecule has 3 heterocycles. The fourth-order valence-corrected chi connectivity index (χ4v) is 6.16. The normalized spacial score (nSPS) is 16.1. The Morgan fingerprint density at radius 2 is 1.71 bits per heavy atom. The molecule has 3 N–H and O–H groups in total. The molecule has 1 amide bonds. The van der Waals surface area contributed by atoms with Gasteiger partial charge in [0.15, 0.2) is 0 Å². The quantitative estimate of drug-likeness (QED) is 0.180. The summed E-state index contributed by atoms with van der Waals surface area (Å²) in [5, 5.41) is 8.16. The van der Waals surface area contributed by atoms with Crippen molar-refractivity contribution >= 4 is 22.6 Å². The smallest absolute Gasteiger partial charge is 0.246 e. The second kappa shape index (κ2) is 12.0. The summed E-state index contributed by atoms with van der Waals surface area (Å²) in [5.74, 6) is 0.964. The van der Waals surface area contributed by atoms with Crippen molar-refractivity contribution in [1.82, 2.24) is 20.3 Å². The van der Waals surface area contributed by atoms with Crippen molar-refractivity contribution in [3.05, 3.63) is 115 Å². The summed E-state index contributed by atoms with van der Waals surface area (Å²) in [4.78, 5) is 27.5. The standard InChI is InChI=1S/C35H37N5O/c1-35(23-27-24-37-30-18-9-8-17-28(27)30,40-32-21-12-20-29(38-32)25-13-4-2-5-14-25)34(41)39-33(26-15-6-3-7-16-26)31-19-10-11-22-36-31/h2,4-5,8-14,17-22,24,26,33,37H,3,6-7,15-16,23H2,1H3,(H,38,40)(H,39,41)/t33?,35-/m0/s1. The minimum atomic E-state index is -0.977. The summed E-state index contributed by atoms with van der Waals surface area (Å²) in [6, 6.07) is 30.1. The number of carbonyl (C=O) groups excluding carboxylic acids is 1. The van der Waals surface area contributed by atoms with Gasteiger partial charge in [0.1, 0.15) is 11.4 Å². The van der Waals surface area contributed by atoms with E-state index in [1.165, 1.54) is 19.3 Å². The van der Waals surface area contributed by atoms with E-state index in [0.717, 1.165) is 46.3 Å². The molecule has 1 fully saturated rings. The maximum absolute atomic E-state index is 14.5. The first-order chi connectivity index (χ1) is 20.1. The van der Waals surface area contributed by atoms with Crippen LogP contribution in [0.3, 0.4) is 0 Å². The molecule has 1 aliphatic carbocycles. The van der Waals surface area contributed by atoms with E-state index in [1.54, 1.807) is 0 Å². The summed E-state index contributed by atoms with van der Waals surface area (Å²) in [5.41, 5.74) is 3.98. The molecule has 2 atom stereocenters. The Kier molecular flexibility index (Phi) is 7.81. The van der Waals surface area contributed by atoms with Gasteiger partial charge in [-0.15, -0.1) is 0 Å². The molecule has 3 aromatic heterocycles. The number of H-pyrrole nitrogens is 1. The Bertz CT molecular complexity index is 1590. The number of carbonyl (C=O) groups is 1. The average molecular weight is 544 g/mol. The molecular weight excluding hydrogens is 506 g/mol. The molecule has 6 heteroatoms. The Labute approximate surface area is 241 Å². The number of amides is 1. The van der Waals surface area contributed by atoms with Gasteiger partial charge in [-0.05, 0) is 61.6 Å². The Balaban J connectivity index is 1.35. The highest BCUT2D eigenvalue weighted by Gasteiger charge is 2.38. The monoisotopic (exact) mass is 543 g/mol. The molecule has 0 spiro atoms. The van der Waals surface area contributed by atoms with Gasteiger partial charge in [-0.25, -0.2) is 4.98 Å². The van der Waals surface area contributed by atoms with E-state index in [2.05, 4.69) is 32.7 Å². The summed E-state index contributed by atoms with van der Waals surface area (Å²) in [6.07, 6.45) is 10.1. The number of rotatable bonds is 9. The largest absolute Gasteiger partial charge is 0.361 e. The molecule has 5 aromatic rings. The lowest BCUT2D eigenvalue weighted by Crippen LogP contribution is -2.53. The topological polar surface area (TPSA) is 82.7 Å². The number of para-hydroxylation sites is 1. The van der Waals surface area contributed by atoms with Crippen LogP contribution < -0.4 is 10.6 Å². The molecule has 0 saturated heterocycles. The lowest BCUT2D eigenvalue weighted by atomic mass is 9.81. The highest BCUT2D eigenvalue weighted by Crippen LogP contribution is 2.35. The first-order valence-corrected chi connectivity index (χ1v) is 14.7. The lowest BCUT2D eigenvalue weighted by Gasteiger charge is -2.36. The van der Waals surface area contributed by atoms with Gasteiger partial charge in [0.05, 0.1) is 17.4 Å². The van der Waals surface area contributed by atoms with E-state index in [1.807, 2.05) is 98.2 Å². The van der Waals surface area contributed by atoms with E-state index in [0.29, 0.717) is 18.2 Å². The Morgan fingerprint density at radius 3 is 2.51 bits per heavy atom. The minimum absolute atomic E-state index is 0.0593. The van der Waals surface area contributed by atoms with Crippen LogP contribution in [0.25, 0.3) is 22.2 Å². The third-order valence-corrected chi connectivity index (χ3v) is 8.36. The van der Waals surface area contributed by atoms with Crippen molar-refractivity contribution in [2.75, 3.05) is 5.32 Å². The van der Waals surface area contributed by atoms with Gasteiger partial charge < -0.3 is 15.6 Å². The molecule has 208 valence electrons. The highest BCUT2D eigenvalue weighted by atomic mass is 16.2. The van der Waals surface area contributed by atoms with Gasteiger partial charge in [-0.2, -0.15) is 0 Å². The summed E-state index contributed by atoms with van der Waals surface area (Å²) < 4.78 is 0. The van der Waals surface area contributed by atoms with Crippen LogP contribution in [0.15, 0.2) is 103 Å². The third kappa shape index (κ3) is 6.02. The van der Waals surface area contributed by atoms with Crippen molar-refractivity contribution in [3.8, 4) is 11.3 Å². The molecule has 41 heavy (non-hydrogen) atoms. The van der Waals surface area contributed by atoms with Crippen LogP contribution in [0.2, 0.25) is 0 Å². The molecule has 6 nitrogen and oxygen atoms in total. The Hall–Kier alpha value is -4.45. The van der Waals surface area contributed by atoms with Crippen LogP contribution in [0.5, 0.6) is 0 Å². The maximum atomic E-state index is 14.5. The highest BCUT2D eigenvalue weighted by molar-refractivity contribution is 5.91.